The van der Waals surface area contributed by atoms with Gasteiger partial charge in [-0.15, -0.1) is 0 Å². The van der Waals surface area contributed by atoms with Crippen molar-refractivity contribution in [3.63, 3.8) is 0 Å². The van der Waals surface area contributed by atoms with Crippen molar-refractivity contribution < 1.29 is 13.2 Å². The average molecular weight is 312 g/mol. The summed E-state index contributed by atoms with van der Waals surface area (Å²) in [6, 6.07) is 4.18. The lowest BCUT2D eigenvalue weighted by Gasteiger charge is -2.27. The maximum Gasteiger partial charge on any atom is 0.251 e. The minimum Gasteiger partial charge on any atom is -0.399 e. The van der Waals surface area contributed by atoms with Crippen molar-refractivity contribution in [3.8, 4) is 0 Å². The van der Waals surface area contributed by atoms with Crippen molar-refractivity contribution in [2.45, 2.75) is 32.6 Å². The summed E-state index contributed by atoms with van der Waals surface area (Å²) in [7, 11) is -3.40. The summed E-state index contributed by atoms with van der Waals surface area (Å²) >= 11 is 0. The molecule has 0 aliphatic heterocycles. The van der Waals surface area contributed by atoms with Gasteiger partial charge in [0.1, 0.15) is 0 Å². The van der Waals surface area contributed by atoms with Crippen molar-refractivity contribution in [3.05, 3.63) is 23.8 Å². The monoisotopic (exact) mass is 312 g/mol. The molecule has 0 spiro atoms. The number of nitrogen functional groups attached to an aromatic ring is 1. The van der Waals surface area contributed by atoms with Crippen LogP contribution in [0.25, 0.3) is 0 Å². The van der Waals surface area contributed by atoms with Gasteiger partial charge in [-0.3, -0.25) is 4.79 Å². The first kappa shape index (κ1) is 17.5. The lowest BCUT2D eigenvalue weighted by atomic mass is 9.82. The molecule has 1 aromatic carbocycles. The summed E-state index contributed by atoms with van der Waals surface area (Å²) in [5.74, 6) is -0.0276. The molecule has 118 valence electrons. The first-order valence-electron chi connectivity index (χ1n) is 6.80. The van der Waals surface area contributed by atoms with Crippen LogP contribution in [0.2, 0.25) is 0 Å². The molecule has 0 aliphatic carbocycles. The number of benzene rings is 1. The SMILES string of the molecule is CC(CNC(=O)c1cc(N)cc(S(C)(=O)=O)c1)C(C)(C)C. The van der Waals surface area contributed by atoms with Gasteiger partial charge in [-0.05, 0) is 29.5 Å². The van der Waals surface area contributed by atoms with Crippen molar-refractivity contribution in [2.24, 2.45) is 11.3 Å². The fourth-order valence-electron chi connectivity index (χ4n) is 1.62. The van der Waals surface area contributed by atoms with Crippen LogP contribution in [-0.2, 0) is 9.84 Å². The zero-order valence-electron chi connectivity index (χ0n) is 13.2. The third-order valence-electron chi connectivity index (χ3n) is 3.67. The molecular formula is C15H24N2O3S. The summed E-state index contributed by atoms with van der Waals surface area (Å²) in [4.78, 5) is 12.2. The lowest BCUT2D eigenvalue weighted by Crippen LogP contribution is -2.33. The van der Waals surface area contributed by atoms with Crippen LogP contribution in [-0.4, -0.2) is 27.1 Å². The molecule has 0 radical (unpaired) electrons. The maximum atomic E-state index is 12.1. The molecular weight excluding hydrogens is 288 g/mol. The number of rotatable bonds is 4. The zero-order valence-corrected chi connectivity index (χ0v) is 14.0. The summed E-state index contributed by atoms with van der Waals surface area (Å²) < 4.78 is 23.1. The molecule has 0 saturated carbocycles. The molecule has 1 unspecified atom stereocenters. The Morgan fingerprint density at radius 2 is 1.86 bits per heavy atom. The third-order valence-corrected chi connectivity index (χ3v) is 4.76. The lowest BCUT2D eigenvalue weighted by molar-refractivity contribution is 0.0937. The van der Waals surface area contributed by atoms with Gasteiger partial charge >= 0.3 is 0 Å². The van der Waals surface area contributed by atoms with Crippen molar-refractivity contribution in [2.75, 3.05) is 18.5 Å². The first-order valence-corrected chi connectivity index (χ1v) is 8.69. The molecule has 21 heavy (non-hydrogen) atoms. The molecule has 1 amide bonds. The second-order valence-corrected chi connectivity index (χ2v) is 8.56. The van der Waals surface area contributed by atoms with E-state index in [-0.39, 0.29) is 33.4 Å². The van der Waals surface area contributed by atoms with E-state index < -0.39 is 9.84 Å². The Kier molecular flexibility index (Phi) is 5.04. The highest BCUT2D eigenvalue weighted by Gasteiger charge is 2.21. The van der Waals surface area contributed by atoms with Crippen molar-refractivity contribution in [1.82, 2.24) is 5.32 Å². The highest BCUT2D eigenvalue weighted by molar-refractivity contribution is 7.90. The Morgan fingerprint density at radius 1 is 1.29 bits per heavy atom. The minimum atomic E-state index is -3.40. The number of carbonyl (C=O) groups excluding carboxylic acids is 1. The van der Waals surface area contributed by atoms with Crippen LogP contribution >= 0.6 is 0 Å². The fraction of sp³-hybridized carbons (Fsp3) is 0.533. The summed E-state index contributed by atoms with van der Waals surface area (Å²) in [5, 5.41) is 2.82. The van der Waals surface area contributed by atoms with Gasteiger partial charge in [-0.1, -0.05) is 27.7 Å². The molecule has 0 aliphatic rings. The Bertz CT molecular complexity index is 631. The molecule has 1 atom stereocenters. The second-order valence-electron chi connectivity index (χ2n) is 6.54. The topological polar surface area (TPSA) is 89.3 Å². The van der Waals surface area contributed by atoms with Crippen LogP contribution in [0.5, 0.6) is 0 Å². The van der Waals surface area contributed by atoms with Crippen molar-refractivity contribution >= 4 is 21.4 Å². The van der Waals surface area contributed by atoms with Gasteiger partial charge in [0, 0.05) is 24.1 Å². The van der Waals surface area contributed by atoms with E-state index in [0.717, 1.165) is 6.26 Å². The molecule has 0 heterocycles. The molecule has 0 bridgehead atoms. The smallest absolute Gasteiger partial charge is 0.251 e. The van der Waals surface area contributed by atoms with E-state index in [4.69, 9.17) is 5.73 Å². The fourth-order valence-corrected chi connectivity index (χ4v) is 2.31. The third kappa shape index (κ3) is 5.04. The quantitative estimate of drug-likeness (QED) is 0.833. The van der Waals surface area contributed by atoms with E-state index in [2.05, 4.69) is 33.0 Å². The van der Waals surface area contributed by atoms with Crippen LogP contribution < -0.4 is 11.1 Å². The predicted octanol–water partition coefficient (Wildman–Crippen LogP) is 2.08. The van der Waals surface area contributed by atoms with Gasteiger partial charge in [0.25, 0.3) is 5.91 Å². The molecule has 3 N–H and O–H groups in total. The number of carbonyl (C=O) groups is 1. The Balaban J connectivity index is 2.92. The Hall–Kier alpha value is -1.56. The van der Waals surface area contributed by atoms with E-state index in [1.165, 1.54) is 18.2 Å². The van der Waals surface area contributed by atoms with Crippen LogP contribution in [0.3, 0.4) is 0 Å². The van der Waals surface area contributed by atoms with Crippen LogP contribution in [0.15, 0.2) is 23.1 Å². The van der Waals surface area contributed by atoms with Gasteiger partial charge in [0.15, 0.2) is 9.84 Å². The molecule has 1 aromatic rings. The number of anilines is 1. The largest absolute Gasteiger partial charge is 0.399 e. The average Bonchev–Trinajstić information content (AvgIpc) is 2.32. The normalized spacial score (nSPS) is 13.8. The van der Waals surface area contributed by atoms with E-state index in [9.17, 15) is 13.2 Å². The van der Waals surface area contributed by atoms with E-state index in [1.54, 1.807) is 0 Å². The maximum absolute atomic E-state index is 12.1. The number of nitrogens with one attached hydrogen (secondary N) is 1. The van der Waals surface area contributed by atoms with E-state index in [1.807, 2.05) is 0 Å². The number of hydrogen-bond donors (Lipinski definition) is 2. The number of nitrogens with two attached hydrogens (primary N) is 1. The number of hydrogen-bond acceptors (Lipinski definition) is 4. The molecule has 5 nitrogen and oxygen atoms in total. The molecule has 0 fully saturated rings. The van der Waals surface area contributed by atoms with Gasteiger partial charge in [-0.25, -0.2) is 8.42 Å². The van der Waals surface area contributed by atoms with Gasteiger partial charge in [0.05, 0.1) is 4.90 Å². The van der Waals surface area contributed by atoms with E-state index >= 15 is 0 Å². The molecule has 0 aromatic heterocycles. The highest BCUT2D eigenvalue weighted by Crippen LogP contribution is 2.24. The van der Waals surface area contributed by atoms with Crippen molar-refractivity contribution in [1.29, 1.82) is 0 Å². The second kappa shape index (κ2) is 6.05. The van der Waals surface area contributed by atoms with Crippen LogP contribution in [0.1, 0.15) is 38.1 Å². The van der Waals surface area contributed by atoms with Gasteiger partial charge < -0.3 is 11.1 Å². The van der Waals surface area contributed by atoms with Gasteiger partial charge in [0.2, 0.25) is 0 Å². The van der Waals surface area contributed by atoms with Crippen LogP contribution in [0, 0.1) is 11.3 Å². The molecule has 6 heteroatoms. The van der Waals surface area contributed by atoms with Crippen LogP contribution in [0.4, 0.5) is 5.69 Å². The minimum absolute atomic E-state index is 0.0523. The number of amides is 1. The Labute approximate surface area is 126 Å². The number of sulfone groups is 1. The standard InChI is InChI=1S/C15H24N2O3S/c1-10(15(2,3)4)9-17-14(18)11-6-12(16)8-13(7-11)21(5,19)20/h6-8,10H,9,16H2,1-5H3,(H,17,18). The van der Waals surface area contributed by atoms with Gasteiger partial charge in [-0.2, -0.15) is 0 Å². The van der Waals surface area contributed by atoms with E-state index in [0.29, 0.717) is 6.54 Å². The first-order chi connectivity index (χ1) is 9.41. The molecule has 1 rings (SSSR count). The summed E-state index contributed by atoms with van der Waals surface area (Å²) in [6.07, 6.45) is 1.09. The highest BCUT2D eigenvalue weighted by atomic mass is 32.2. The molecule has 0 saturated heterocycles. The predicted molar refractivity (Wildman–Crippen MR) is 84.9 cm³/mol. The summed E-state index contributed by atoms with van der Waals surface area (Å²) in [6.45, 7) is 8.89. The summed E-state index contributed by atoms with van der Waals surface area (Å²) in [5.41, 5.74) is 6.28. The Morgan fingerprint density at radius 3 is 2.33 bits per heavy atom. The zero-order chi connectivity index (χ0) is 16.4.